The van der Waals surface area contributed by atoms with Crippen molar-refractivity contribution >= 4 is 22.9 Å². The molecule has 0 bridgehead atoms. The minimum absolute atomic E-state index is 0.0600. The molecule has 0 spiro atoms. The molecule has 1 aromatic carbocycles. The first-order valence-corrected chi connectivity index (χ1v) is 9.19. The van der Waals surface area contributed by atoms with E-state index in [1.807, 2.05) is 0 Å². The van der Waals surface area contributed by atoms with Crippen molar-refractivity contribution in [2.45, 2.75) is 18.7 Å². The third-order valence-corrected chi connectivity index (χ3v) is 6.72. The predicted molar refractivity (Wildman–Crippen MR) is 77.8 cm³/mol. The molecule has 0 aliphatic rings. The standard InChI is InChI=1S/C12H20NO5PS/c1-5-17-19(14,18-6-2)11-9-7-8-10-12(11)20(15,16)13(3)4/h7-10H,5-6H2,1-4H3. The molecule has 20 heavy (non-hydrogen) atoms. The van der Waals surface area contributed by atoms with Gasteiger partial charge in [-0.3, -0.25) is 4.57 Å². The summed E-state index contributed by atoms with van der Waals surface area (Å²) in [5.74, 6) is 0. The van der Waals surface area contributed by atoms with Gasteiger partial charge in [0.1, 0.15) is 0 Å². The van der Waals surface area contributed by atoms with Crippen LogP contribution in [0.3, 0.4) is 0 Å². The topological polar surface area (TPSA) is 72.9 Å². The van der Waals surface area contributed by atoms with Crippen LogP contribution < -0.4 is 5.30 Å². The molecule has 0 aliphatic heterocycles. The molecule has 0 heterocycles. The third-order valence-electron chi connectivity index (χ3n) is 2.52. The summed E-state index contributed by atoms with van der Waals surface area (Å²) < 4.78 is 48.9. The lowest BCUT2D eigenvalue weighted by molar-refractivity contribution is 0.229. The van der Waals surface area contributed by atoms with Crippen LogP contribution in [-0.4, -0.2) is 40.0 Å². The molecule has 0 saturated carbocycles. The van der Waals surface area contributed by atoms with Crippen LogP contribution in [0.15, 0.2) is 29.2 Å². The molecule has 0 saturated heterocycles. The van der Waals surface area contributed by atoms with Gasteiger partial charge in [-0.05, 0) is 26.0 Å². The van der Waals surface area contributed by atoms with Gasteiger partial charge in [-0.1, -0.05) is 12.1 Å². The van der Waals surface area contributed by atoms with Crippen molar-refractivity contribution in [1.29, 1.82) is 0 Å². The minimum atomic E-state index is -3.73. The van der Waals surface area contributed by atoms with Crippen molar-refractivity contribution in [3.8, 4) is 0 Å². The second kappa shape index (κ2) is 6.83. The lowest BCUT2D eigenvalue weighted by Crippen LogP contribution is -2.28. The van der Waals surface area contributed by atoms with Gasteiger partial charge in [0.25, 0.3) is 0 Å². The van der Waals surface area contributed by atoms with E-state index in [-0.39, 0.29) is 23.4 Å². The third kappa shape index (κ3) is 3.48. The predicted octanol–water partition coefficient (Wildman–Crippen LogP) is 1.83. The maximum absolute atomic E-state index is 12.8. The molecule has 0 amide bonds. The number of sulfonamides is 1. The molecule has 0 unspecified atom stereocenters. The SMILES string of the molecule is CCOP(=O)(OCC)c1ccccc1S(=O)(=O)N(C)C. The van der Waals surface area contributed by atoms with Gasteiger partial charge in [0.15, 0.2) is 0 Å². The van der Waals surface area contributed by atoms with Gasteiger partial charge in [-0.25, -0.2) is 12.7 Å². The molecular weight excluding hydrogens is 301 g/mol. The number of hydrogen-bond donors (Lipinski definition) is 0. The fourth-order valence-corrected chi connectivity index (χ4v) is 4.92. The van der Waals surface area contributed by atoms with Gasteiger partial charge in [0, 0.05) is 14.1 Å². The van der Waals surface area contributed by atoms with Crippen molar-refractivity contribution < 1.29 is 22.0 Å². The van der Waals surface area contributed by atoms with E-state index in [1.54, 1.807) is 26.0 Å². The molecule has 114 valence electrons. The van der Waals surface area contributed by atoms with E-state index in [0.717, 1.165) is 4.31 Å². The summed E-state index contributed by atoms with van der Waals surface area (Å²) >= 11 is 0. The molecule has 0 fully saturated rings. The van der Waals surface area contributed by atoms with Crippen LogP contribution in [0, 0.1) is 0 Å². The lowest BCUT2D eigenvalue weighted by Gasteiger charge is -2.21. The number of rotatable bonds is 7. The first kappa shape index (κ1) is 17.3. The summed E-state index contributed by atoms with van der Waals surface area (Å²) in [5, 5.41) is 0.0670. The van der Waals surface area contributed by atoms with Gasteiger partial charge in [0.05, 0.1) is 23.4 Å². The number of nitrogens with zero attached hydrogens (tertiary/aromatic N) is 1. The normalized spacial score (nSPS) is 12.8. The van der Waals surface area contributed by atoms with Crippen molar-refractivity contribution in [2.24, 2.45) is 0 Å². The Morgan fingerprint density at radius 2 is 1.60 bits per heavy atom. The smallest absolute Gasteiger partial charge is 0.305 e. The van der Waals surface area contributed by atoms with E-state index < -0.39 is 17.6 Å². The zero-order valence-corrected chi connectivity index (χ0v) is 13.8. The van der Waals surface area contributed by atoms with E-state index in [0.29, 0.717) is 0 Å². The van der Waals surface area contributed by atoms with E-state index in [9.17, 15) is 13.0 Å². The van der Waals surface area contributed by atoms with Gasteiger partial charge in [0.2, 0.25) is 10.0 Å². The van der Waals surface area contributed by atoms with Crippen LogP contribution in [0.5, 0.6) is 0 Å². The maximum Gasteiger partial charge on any atom is 0.362 e. The Kier molecular flexibility index (Phi) is 5.91. The average Bonchev–Trinajstić information content (AvgIpc) is 2.39. The van der Waals surface area contributed by atoms with Crippen LogP contribution in [0.1, 0.15) is 13.8 Å². The van der Waals surface area contributed by atoms with Crippen molar-refractivity contribution in [2.75, 3.05) is 27.3 Å². The Balaban J connectivity index is 3.50. The lowest BCUT2D eigenvalue weighted by atomic mass is 10.4. The Bertz CT molecular complexity index is 590. The van der Waals surface area contributed by atoms with E-state index in [2.05, 4.69) is 0 Å². The highest BCUT2D eigenvalue weighted by Crippen LogP contribution is 2.48. The van der Waals surface area contributed by atoms with Crippen molar-refractivity contribution in [3.05, 3.63) is 24.3 Å². The van der Waals surface area contributed by atoms with Crippen LogP contribution in [0.4, 0.5) is 0 Å². The monoisotopic (exact) mass is 321 g/mol. The second-order valence-electron chi connectivity index (χ2n) is 4.09. The first-order chi connectivity index (χ1) is 9.29. The highest BCUT2D eigenvalue weighted by molar-refractivity contribution is 7.89. The molecule has 0 atom stereocenters. The zero-order valence-electron chi connectivity index (χ0n) is 12.1. The molecule has 6 nitrogen and oxygen atoms in total. The molecule has 1 rings (SSSR count). The molecule has 8 heteroatoms. The van der Waals surface area contributed by atoms with Gasteiger partial charge < -0.3 is 9.05 Å². The highest BCUT2D eigenvalue weighted by atomic mass is 32.2. The Morgan fingerprint density at radius 3 is 2.05 bits per heavy atom. The van der Waals surface area contributed by atoms with Crippen LogP contribution in [-0.2, 0) is 23.6 Å². The van der Waals surface area contributed by atoms with Gasteiger partial charge >= 0.3 is 7.60 Å². The van der Waals surface area contributed by atoms with E-state index in [4.69, 9.17) is 9.05 Å². The molecule has 0 N–H and O–H groups in total. The average molecular weight is 321 g/mol. The molecule has 0 aliphatic carbocycles. The summed E-state index contributed by atoms with van der Waals surface area (Å²) in [7, 11) is -4.55. The fourth-order valence-electron chi connectivity index (χ4n) is 1.61. The first-order valence-electron chi connectivity index (χ1n) is 6.20. The Morgan fingerprint density at radius 1 is 1.10 bits per heavy atom. The van der Waals surface area contributed by atoms with Crippen LogP contribution >= 0.6 is 7.60 Å². The molecule has 0 aromatic heterocycles. The van der Waals surface area contributed by atoms with Crippen molar-refractivity contribution in [3.63, 3.8) is 0 Å². The molecular formula is C12H20NO5PS. The van der Waals surface area contributed by atoms with E-state index >= 15 is 0 Å². The molecule has 0 radical (unpaired) electrons. The van der Waals surface area contributed by atoms with Gasteiger partial charge in [-0.2, -0.15) is 0 Å². The van der Waals surface area contributed by atoms with Gasteiger partial charge in [-0.15, -0.1) is 0 Å². The quantitative estimate of drug-likeness (QED) is 0.716. The summed E-state index contributed by atoms with van der Waals surface area (Å²) in [4.78, 5) is -0.0600. The van der Waals surface area contributed by atoms with E-state index in [1.165, 1.54) is 26.2 Å². The number of benzene rings is 1. The molecule has 1 aromatic rings. The maximum atomic E-state index is 12.8. The van der Waals surface area contributed by atoms with Crippen LogP contribution in [0.25, 0.3) is 0 Å². The Hall–Kier alpha value is -0.720. The summed E-state index contributed by atoms with van der Waals surface area (Å²) in [6, 6.07) is 6.04. The summed E-state index contributed by atoms with van der Waals surface area (Å²) in [5.41, 5.74) is 0. The number of hydrogen-bond acceptors (Lipinski definition) is 5. The Labute approximate surface area is 120 Å². The van der Waals surface area contributed by atoms with Crippen molar-refractivity contribution in [1.82, 2.24) is 4.31 Å². The fraction of sp³-hybridized carbons (Fsp3) is 0.500. The largest absolute Gasteiger partial charge is 0.362 e. The zero-order chi connectivity index (χ0) is 15.4. The second-order valence-corrected chi connectivity index (χ2v) is 8.20. The highest BCUT2D eigenvalue weighted by Gasteiger charge is 2.34. The summed E-state index contributed by atoms with van der Waals surface area (Å²) in [6.45, 7) is 3.67. The minimum Gasteiger partial charge on any atom is -0.305 e. The van der Waals surface area contributed by atoms with Crippen LogP contribution in [0.2, 0.25) is 0 Å². The summed E-state index contributed by atoms with van der Waals surface area (Å²) in [6.07, 6.45) is 0.